The van der Waals surface area contributed by atoms with Gasteiger partial charge in [0.1, 0.15) is 11.5 Å². The second-order valence-corrected chi connectivity index (χ2v) is 12.4. The van der Waals surface area contributed by atoms with Crippen molar-refractivity contribution in [2.24, 2.45) is 0 Å². The fraction of sp³-hybridized carbons (Fsp3) is 0. The van der Waals surface area contributed by atoms with Gasteiger partial charge >= 0.3 is 0 Å². The first-order chi connectivity index (χ1) is 23.3. The standard InChI is InChI=1S/C46H28O/c1-2-13-29(14-3-1)30-25-26-40(32-16-5-4-15-31(30)32)44-35-18-6-8-20-37(35)45(38-21-9-7-19-36(38)44)41-27-28-43-46-34(22-12-23-39(41)46)33-17-10-11-24-42(33)47-43/h1-28H. The quantitative estimate of drug-likeness (QED) is 0.184. The second kappa shape index (κ2) is 10.2. The molecule has 0 saturated carbocycles. The van der Waals surface area contributed by atoms with E-state index in [0.29, 0.717) is 0 Å². The fourth-order valence-corrected chi connectivity index (χ4v) is 7.89. The summed E-state index contributed by atoms with van der Waals surface area (Å²) in [7, 11) is 0. The molecule has 47 heavy (non-hydrogen) atoms. The van der Waals surface area contributed by atoms with Crippen LogP contribution in [-0.4, -0.2) is 0 Å². The lowest BCUT2D eigenvalue weighted by atomic mass is 9.82. The SMILES string of the molecule is c1ccc(-c2ccc(-c3c4ccccc4c(-c4ccc5c6c(cccc46)-c4ccccc4O5)c4ccccc34)c3ccccc23)cc1. The van der Waals surface area contributed by atoms with Gasteiger partial charge in [0.05, 0.1) is 0 Å². The smallest absolute Gasteiger partial charge is 0.135 e. The Bertz CT molecular complexity index is 2640. The number of ether oxygens (including phenoxy) is 1. The Kier molecular flexibility index (Phi) is 5.64. The molecule has 1 nitrogen and oxygen atoms in total. The monoisotopic (exact) mass is 596 g/mol. The summed E-state index contributed by atoms with van der Waals surface area (Å²) >= 11 is 0. The van der Waals surface area contributed by atoms with Crippen molar-refractivity contribution < 1.29 is 4.74 Å². The predicted octanol–water partition coefficient (Wildman–Crippen LogP) is 13.1. The van der Waals surface area contributed by atoms with E-state index in [1.54, 1.807) is 0 Å². The highest BCUT2D eigenvalue weighted by molar-refractivity contribution is 6.26. The number of hydrogen-bond donors (Lipinski definition) is 0. The van der Waals surface area contributed by atoms with Crippen molar-refractivity contribution in [3.05, 3.63) is 170 Å². The molecule has 1 aliphatic heterocycles. The third kappa shape index (κ3) is 3.84. The zero-order chi connectivity index (χ0) is 30.9. The predicted molar refractivity (Wildman–Crippen MR) is 198 cm³/mol. The highest BCUT2D eigenvalue weighted by Crippen LogP contribution is 2.51. The van der Waals surface area contributed by atoms with Crippen molar-refractivity contribution >= 4 is 43.1 Å². The van der Waals surface area contributed by atoms with Gasteiger partial charge in [-0.1, -0.05) is 152 Å². The van der Waals surface area contributed by atoms with E-state index in [1.807, 2.05) is 6.07 Å². The molecule has 9 aromatic rings. The molecule has 0 saturated heterocycles. The van der Waals surface area contributed by atoms with Crippen molar-refractivity contribution in [2.45, 2.75) is 0 Å². The Morgan fingerprint density at radius 2 is 0.723 bits per heavy atom. The number of hydrogen-bond acceptors (Lipinski definition) is 1. The van der Waals surface area contributed by atoms with Crippen LogP contribution in [0.5, 0.6) is 11.5 Å². The van der Waals surface area contributed by atoms with Gasteiger partial charge in [0.25, 0.3) is 0 Å². The molecule has 0 aromatic heterocycles. The van der Waals surface area contributed by atoms with Gasteiger partial charge in [-0.2, -0.15) is 0 Å². The molecule has 0 aliphatic carbocycles. The lowest BCUT2D eigenvalue weighted by Crippen LogP contribution is -1.98. The van der Waals surface area contributed by atoms with E-state index in [-0.39, 0.29) is 0 Å². The molecule has 0 atom stereocenters. The number of para-hydroxylation sites is 1. The fourth-order valence-electron chi connectivity index (χ4n) is 7.89. The zero-order valence-corrected chi connectivity index (χ0v) is 25.6. The van der Waals surface area contributed by atoms with Crippen LogP contribution in [0.1, 0.15) is 0 Å². The van der Waals surface area contributed by atoms with Crippen LogP contribution in [0.2, 0.25) is 0 Å². The summed E-state index contributed by atoms with van der Waals surface area (Å²) in [4.78, 5) is 0. The molecule has 10 rings (SSSR count). The molecule has 218 valence electrons. The van der Waals surface area contributed by atoms with Gasteiger partial charge in [0.2, 0.25) is 0 Å². The molecule has 0 unspecified atom stereocenters. The highest BCUT2D eigenvalue weighted by atomic mass is 16.5. The minimum absolute atomic E-state index is 0.908. The molecular weight excluding hydrogens is 569 g/mol. The third-order valence-corrected chi connectivity index (χ3v) is 9.88. The molecule has 1 heterocycles. The topological polar surface area (TPSA) is 9.23 Å². The minimum Gasteiger partial charge on any atom is -0.456 e. The van der Waals surface area contributed by atoms with Gasteiger partial charge in [0, 0.05) is 10.9 Å². The van der Waals surface area contributed by atoms with E-state index in [1.165, 1.54) is 82.0 Å². The molecule has 0 fully saturated rings. The molecule has 0 bridgehead atoms. The molecule has 1 aliphatic rings. The number of rotatable bonds is 3. The van der Waals surface area contributed by atoms with Crippen LogP contribution in [0, 0.1) is 0 Å². The maximum atomic E-state index is 6.47. The molecule has 9 aromatic carbocycles. The van der Waals surface area contributed by atoms with E-state index in [0.717, 1.165) is 17.1 Å². The van der Waals surface area contributed by atoms with Crippen molar-refractivity contribution in [1.29, 1.82) is 0 Å². The van der Waals surface area contributed by atoms with Gasteiger partial charge in [0.15, 0.2) is 0 Å². The lowest BCUT2D eigenvalue weighted by molar-refractivity contribution is 0.487. The molecule has 0 spiro atoms. The normalized spacial score (nSPS) is 12.0. The van der Waals surface area contributed by atoms with Crippen molar-refractivity contribution in [2.75, 3.05) is 0 Å². The molecule has 1 heteroatoms. The van der Waals surface area contributed by atoms with Crippen LogP contribution in [0.3, 0.4) is 0 Å². The molecule has 0 amide bonds. The summed E-state index contributed by atoms with van der Waals surface area (Å²) in [6.07, 6.45) is 0. The average Bonchev–Trinajstić information content (AvgIpc) is 3.14. The Labute approximate surface area is 272 Å². The maximum absolute atomic E-state index is 6.47. The minimum atomic E-state index is 0.908. The third-order valence-electron chi connectivity index (χ3n) is 9.88. The summed E-state index contributed by atoms with van der Waals surface area (Å²) in [5.74, 6) is 1.82. The van der Waals surface area contributed by atoms with Crippen LogP contribution in [-0.2, 0) is 0 Å². The van der Waals surface area contributed by atoms with E-state index in [9.17, 15) is 0 Å². The number of benzene rings is 9. The Hall–Kier alpha value is -6.18. The van der Waals surface area contributed by atoms with Gasteiger partial charge in [-0.3, -0.25) is 0 Å². The summed E-state index contributed by atoms with van der Waals surface area (Å²) in [5, 5.41) is 9.89. The molecule has 0 radical (unpaired) electrons. The van der Waals surface area contributed by atoms with Crippen molar-refractivity contribution in [3.8, 4) is 56.0 Å². The maximum Gasteiger partial charge on any atom is 0.135 e. The highest BCUT2D eigenvalue weighted by Gasteiger charge is 2.24. The van der Waals surface area contributed by atoms with Gasteiger partial charge in [-0.05, 0) is 94.8 Å². The molecule has 0 N–H and O–H groups in total. The van der Waals surface area contributed by atoms with Crippen LogP contribution in [0.15, 0.2) is 170 Å². The first kappa shape index (κ1) is 26.1. The van der Waals surface area contributed by atoms with Crippen LogP contribution in [0.25, 0.3) is 87.6 Å². The average molecular weight is 597 g/mol. The summed E-state index contributed by atoms with van der Waals surface area (Å²) in [6, 6.07) is 61.5. The van der Waals surface area contributed by atoms with Gasteiger partial charge < -0.3 is 4.74 Å². The summed E-state index contributed by atoms with van der Waals surface area (Å²) < 4.78 is 6.47. The summed E-state index contributed by atoms with van der Waals surface area (Å²) in [5.41, 5.74) is 9.84. The van der Waals surface area contributed by atoms with Gasteiger partial charge in [-0.25, -0.2) is 0 Å². The lowest BCUT2D eigenvalue weighted by Gasteiger charge is -2.24. The largest absolute Gasteiger partial charge is 0.456 e. The van der Waals surface area contributed by atoms with Crippen molar-refractivity contribution in [3.63, 3.8) is 0 Å². The molecular formula is C46H28O. The first-order valence-corrected chi connectivity index (χ1v) is 16.2. The van der Waals surface area contributed by atoms with Crippen LogP contribution in [0.4, 0.5) is 0 Å². The Balaban J connectivity index is 1.30. The van der Waals surface area contributed by atoms with Crippen molar-refractivity contribution in [1.82, 2.24) is 0 Å². The first-order valence-electron chi connectivity index (χ1n) is 16.2. The number of fused-ring (bicyclic) bond motifs is 5. The second-order valence-electron chi connectivity index (χ2n) is 12.4. The Morgan fingerprint density at radius 1 is 0.255 bits per heavy atom. The van der Waals surface area contributed by atoms with E-state index in [2.05, 4.69) is 164 Å². The van der Waals surface area contributed by atoms with Crippen LogP contribution >= 0.6 is 0 Å². The van der Waals surface area contributed by atoms with E-state index in [4.69, 9.17) is 4.74 Å². The van der Waals surface area contributed by atoms with E-state index >= 15 is 0 Å². The zero-order valence-electron chi connectivity index (χ0n) is 25.6. The van der Waals surface area contributed by atoms with E-state index < -0.39 is 0 Å². The summed E-state index contributed by atoms with van der Waals surface area (Å²) in [6.45, 7) is 0. The Morgan fingerprint density at radius 3 is 1.40 bits per heavy atom. The van der Waals surface area contributed by atoms with Gasteiger partial charge in [-0.15, -0.1) is 0 Å². The van der Waals surface area contributed by atoms with Crippen LogP contribution < -0.4 is 4.74 Å².